The molecule has 0 fully saturated rings. The van der Waals surface area contributed by atoms with Crippen molar-refractivity contribution in [2.75, 3.05) is 6.54 Å². The number of carbonyl (C=O) groups is 1. The molecule has 1 N–H and O–H groups in total. The van der Waals surface area contributed by atoms with Crippen LogP contribution in [-0.4, -0.2) is 27.2 Å². The van der Waals surface area contributed by atoms with E-state index < -0.39 is 5.91 Å². The Morgan fingerprint density at radius 3 is 2.71 bits per heavy atom. The van der Waals surface area contributed by atoms with Crippen LogP contribution in [0, 0.1) is 5.82 Å². The molecule has 0 aliphatic heterocycles. The van der Waals surface area contributed by atoms with Gasteiger partial charge in [0.05, 0.1) is 18.2 Å². The minimum Gasteiger partial charge on any atom is -0.351 e. The van der Waals surface area contributed by atoms with Gasteiger partial charge in [-0.2, -0.15) is 0 Å². The molecule has 1 amide bonds. The van der Waals surface area contributed by atoms with Crippen molar-refractivity contribution in [1.82, 2.24) is 20.0 Å². The van der Waals surface area contributed by atoms with Crippen molar-refractivity contribution in [3.05, 3.63) is 70.9 Å². The number of rotatable bonds is 5. The number of amides is 1. The second-order valence-electron chi connectivity index (χ2n) is 4.95. The third kappa shape index (κ3) is 3.54. The molecule has 7 nitrogen and oxygen atoms in total. The first-order valence-electron chi connectivity index (χ1n) is 7.15. The summed E-state index contributed by atoms with van der Waals surface area (Å²) in [6.45, 7) is 0.492. The number of carbonyl (C=O) groups excluding carboxylic acids is 1. The molecule has 122 valence electrons. The van der Waals surface area contributed by atoms with Crippen molar-refractivity contribution in [1.29, 1.82) is 0 Å². The molecule has 0 saturated heterocycles. The first-order chi connectivity index (χ1) is 11.6. The van der Waals surface area contributed by atoms with Gasteiger partial charge < -0.3 is 9.84 Å². The van der Waals surface area contributed by atoms with Crippen LogP contribution in [0.4, 0.5) is 4.39 Å². The van der Waals surface area contributed by atoms with Crippen molar-refractivity contribution in [3.63, 3.8) is 0 Å². The summed E-state index contributed by atoms with van der Waals surface area (Å²) in [5.74, 6) is -0.654. The largest absolute Gasteiger partial charge is 0.351 e. The predicted octanol–water partition coefficient (Wildman–Crippen LogP) is 1.47. The van der Waals surface area contributed by atoms with Crippen LogP contribution in [0.2, 0.25) is 0 Å². The van der Waals surface area contributed by atoms with E-state index in [0.29, 0.717) is 11.3 Å². The van der Waals surface area contributed by atoms with E-state index in [1.807, 2.05) is 0 Å². The van der Waals surface area contributed by atoms with Crippen LogP contribution in [0.3, 0.4) is 0 Å². The highest BCUT2D eigenvalue weighted by Crippen LogP contribution is 2.14. The maximum Gasteiger partial charge on any atom is 0.289 e. The average Bonchev–Trinajstić information content (AvgIpc) is 3.11. The second-order valence-corrected chi connectivity index (χ2v) is 4.95. The number of halogens is 1. The summed E-state index contributed by atoms with van der Waals surface area (Å²) in [5.41, 5.74) is 0.847. The van der Waals surface area contributed by atoms with Crippen molar-refractivity contribution in [3.8, 4) is 11.3 Å². The molecule has 0 saturated carbocycles. The topological polar surface area (TPSA) is 90.0 Å². The molecular formula is C16H13FN4O3. The van der Waals surface area contributed by atoms with E-state index >= 15 is 0 Å². The SMILES string of the molecule is O=C(NCCn1cnc(-c2ccc(F)cc2)cc1=O)c1ccno1. The smallest absolute Gasteiger partial charge is 0.289 e. The van der Waals surface area contributed by atoms with Crippen LogP contribution < -0.4 is 10.9 Å². The van der Waals surface area contributed by atoms with Gasteiger partial charge in [0.2, 0.25) is 5.76 Å². The fourth-order valence-electron chi connectivity index (χ4n) is 2.08. The molecule has 24 heavy (non-hydrogen) atoms. The molecule has 8 heteroatoms. The molecule has 2 aromatic heterocycles. The Bertz CT molecular complexity index is 888. The summed E-state index contributed by atoms with van der Waals surface area (Å²) in [6.07, 6.45) is 2.76. The number of hydrogen-bond donors (Lipinski definition) is 1. The van der Waals surface area contributed by atoms with E-state index in [-0.39, 0.29) is 30.2 Å². The summed E-state index contributed by atoms with van der Waals surface area (Å²) in [4.78, 5) is 27.9. The van der Waals surface area contributed by atoms with Gasteiger partial charge in [0.25, 0.3) is 11.5 Å². The molecule has 0 spiro atoms. The predicted molar refractivity (Wildman–Crippen MR) is 82.7 cm³/mol. The van der Waals surface area contributed by atoms with E-state index in [4.69, 9.17) is 4.52 Å². The van der Waals surface area contributed by atoms with Crippen molar-refractivity contribution >= 4 is 5.91 Å². The normalized spacial score (nSPS) is 10.5. The Kier molecular flexibility index (Phi) is 4.46. The zero-order valence-corrected chi connectivity index (χ0v) is 12.5. The van der Waals surface area contributed by atoms with Gasteiger partial charge in [-0.05, 0) is 24.3 Å². The van der Waals surface area contributed by atoms with Gasteiger partial charge in [-0.15, -0.1) is 0 Å². The molecule has 0 aliphatic carbocycles. The quantitative estimate of drug-likeness (QED) is 0.766. The third-order valence-corrected chi connectivity index (χ3v) is 3.32. The fraction of sp³-hybridized carbons (Fsp3) is 0.125. The van der Waals surface area contributed by atoms with E-state index in [2.05, 4.69) is 15.5 Å². The summed E-state index contributed by atoms with van der Waals surface area (Å²) in [7, 11) is 0. The molecule has 0 unspecified atom stereocenters. The number of nitrogens with zero attached hydrogens (tertiary/aromatic N) is 3. The van der Waals surface area contributed by atoms with E-state index in [9.17, 15) is 14.0 Å². The highest BCUT2D eigenvalue weighted by molar-refractivity contribution is 5.91. The standard InChI is InChI=1S/C16H13FN4O3/c17-12-3-1-11(2-4-12)13-9-15(22)21(10-19-13)8-7-18-16(23)14-5-6-20-24-14/h1-6,9-10H,7-8H2,(H,18,23). The lowest BCUT2D eigenvalue weighted by molar-refractivity contribution is 0.0915. The van der Waals surface area contributed by atoms with Crippen molar-refractivity contribution < 1.29 is 13.7 Å². The minimum absolute atomic E-state index is 0.104. The van der Waals surface area contributed by atoms with Crippen LogP contribution in [0.15, 0.2) is 58.2 Å². The molecule has 2 heterocycles. The van der Waals surface area contributed by atoms with Crippen molar-refractivity contribution in [2.45, 2.75) is 6.54 Å². The minimum atomic E-state index is -0.406. The molecular weight excluding hydrogens is 315 g/mol. The molecule has 0 aliphatic rings. The molecule has 0 atom stereocenters. The number of aromatic nitrogens is 3. The van der Waals surface area contributed by atoms with Gasteiger partial charge in [0.15, 0.2) is 0 Å². The first kappa shape index (κ1) is 15.6. The van der Waals surface area contributed by atoms with Crippen LogP contribution >= 0.6 is 0 Å². The van der Waals surface area contributed by atoms with Crippen LogP contribution in [0.5, 0.6) is 0 Å². The van der Waals surface area contributed by atoms with Crippen LogP contribution in [-0.2, 0) is 6.54 Å². The monoisotopic (exact) mass is 328 g/mol. The Balaban J connectivity index is 1.64. The van der Waals surface area contributed by atoms with E-state index in [1.165, 1.54) is 41.4 Å². The van der Waals surface area contributed by atoms with Crippen LogP contribution in [0.25, 0.3) is 11.3 Å². The number of hydrogen-bond acceptors (Lipinski definition) is 5. The second kappa shape index (κ2) is 6.86. The molecule has 1 aromatic carbocycles. The fourth-order valence-corrected chi connectivity index (χ4v) is 2.08. The number of benzene rings is 1. The lowest BCUT2D eigenvalue weighted by Gasteiger charge is -2.07. The number of nitrogens with one attached hydrogen (secondary N) is 1. The summed E-state index contributed by atoms with van der Waals surface area (Å²) >= 11 is 0. The molecule has 3 aromatic rings. The van der Waals surface area contributed by atoms with Crippen molar-refractivity contribution in [2.24, 2.45) is 0 Å². The van der Waals surface area contributed by atoms with E-state index in [0.717, 1.165) is 0 Å². The van der Waals surface area contributed by atoms with Gasteiger partial charge in [-0.25, -0.2) is 9.37 Å². The lowest BCUT2D eigenvalue weighted by atomic mass is 10.1. The first-order valence-corrected chi connectivity index (χ1v) is 7.15. The summed E-state index contributed by atoms with van der Waals surface area (Å²) < 4.78 is 19.0. The zero-order valence-electron chi connectivity index (χ0n) is 12.5. The van der Waals surface area contributed by atoms with Gasteiger partial charge in [0, 0.05) is 30.8 Å². The third-order valence-electron chi connectivity index (χ3n) is 3.32. The van der Waals surface area contributed by atoms with Gasteiger partial charge in [-0.3, -0.25) is 14.2 Å². The maximum atomic E-state index is 12.9. The maximum absolute atomic E-state index is 12.9. The summed E-state index contributed by atoms with van der Waals surface area (Å²) in [6, 6.07) is 8.54. The Morgan fingerprint density at radius 2 is 2.04 bits per heavy atom. The average molecular weight is 328 g/mol. The molecule has 3 rings (SSSR count). The summed E-state index contributed by atoms with van der Waals surface area (Å²) in [5, 5.41) is 6.05. The van der Waals surface area contributed by atoms with E-state index in [1.54, 1.807) is 12.1 Å². The highest BCUT2D eigenvalue weighted by Gasteiger charge is 2.09. The zero-order chi connectivity index (χ0) is 16.9. The highest BCUT2D eigenvalue weighted by atomic mass is 19.1. The Hall–Kier alpha value is -3.29. The van der Waals surface area contributed by atoms with Crippen LogP contribution in [0.1, 0.15) is 10.6 Å². The Morgan fingerprint density at radius 1 is 1.25 bits per heavy atom. The van der Waals surface area contributed by atoms with Gasteiger partial charge in [-0.1, -0.05) is 5.16 Å². The Labute approximate surface area is 135 Å². The van der Waals surface area contributed by atoms with Gasteiger partial charge in [0.1, 0.15) is 5.82 Å². The molecule has 0 radical (unpaired) electrons. The lowest BCUT2D eigenvalue weighted by Crippen LogP contribution is -2.30. The van der Waals surface area contributed by atoms with Gasteiger partial charge >= 0.3 is 0 Å². The molecule has 0 bridgehead atoms.